The second-order valence-corrected chi connectivity index (χ2v) is 6.36. The largest absolute Gasteiger partial charge is 0.486 e. The average Bonchev–Trinajstić information content (AvgIpc) is 2.58. The summed E-state index contributed by atoms with van der Waals surface area (Å²) in [7, 11) is 0. The molecule has 2 rings (SSSR count). The number of hydrogen-bond acceptors (Lipinski definition) is 3. The third kappa shape index (κ3) is 2.96. The Bertz CT molecular complexity index is 496. The summed E-state index contributed by atoms with van der Waals surface area (Å²) in [5, 5.41) is 12.7. The summed E-state index contributed by atoms with van der Waals surface area (Å²) < 4.78 is 5.94. The highest BCUT2D eigenvalue weighted by molar-refractivity contribution is 5.73. The van der Waals surface area contributed by atoms with E-state index in [2.05, 4.69) is 5.32 Å². The fourth-order valence-corrected chi connectivity index (χ4v) is 2.73. The lowest BCUT2D eigenvalue weighted by Crippen LogP contribution is -2.47. The number of para-hydroxylation sites is 1. The summed E-state index contributed by atoms with van der Waals surface area (Å²) >= 11 is 0. The van der Waals surface area contributed by atoms with E-state index < -0.39 is 17.6 Å². The summed E-state index contributed by atoms with van der Waals surface area (Å²) in [5.41, 5.74) is 0.585. The van der Waals surface area contributed by atoms with Crippen LogP contribution in [0.2, 0.25) is 0 Å². The standard InChI is InChI=1S/C16H23NO3/c1-10(2)9-12(15(18)19)17-14-11-7-5-6-8-13(11)20-16(14,3)4/h5-8,10,12,14,17H,9H2,1-4H3,(H,18,19). The van der Waals surface area contributed by atoms with Crippen molar-refractivity contribution >= 4 is 5.97 Å². The maximum absolute atomic E-state index is 11.4. The minimum absolute atomic E-state index is 0.112. The number of ether oxygens (including phenoxy) is 1. The van der Waals surface area contributed by atoms with Gasteiger partial charge in [-0.05, 0) is 32.3 Å². The van der Waals surface area contributed by atoms with Gasteiger partial charge >= 0.3 is 5.97 Å². The maximum Gasteiger partial charge on any atom is 0.320 e. The molecule has 0 fully saturated rings. The predicted molar refractivity (Wildman–Crippen MR) is 77.9 cm³/mol. The Kier molecular flexibility index (Phi) is 4.04. The van der Waals surface area contributed by atoms with Crippen LogP contribution in [0.4, 0.5) is 0 Å². The Morgan fingerprint density at radius 2 is 2.05 bits per heavy atom. The molecule has 4 nitrogen and oxygen atoms in total. The molecule has 110 valence electrons. The smallest absolute Gasteiger partial charge is 0.320 e. The molecule has 1 aliphatic heterocycles. The highest BCUT2D eigenvalue weighted by Crippen LogP contribution is 2.43. The van der Waals surface area contributed by atoms with Gasteiger partial charge in [0.2, 0.25) is 0 Å². The van der Waals surface area contributed by atoms with Crippen molar-refractivity contribution in [2.75, 3.05) is 0 Å². The van der Waals surface area contributed by atoms with Crippen molar-refractivity contribution in [2.45, 2.75) is 51.8 Å². The van der Waals surface area contributed by atoms with Gasteiger partial charge in [0.25, 0.3) is 0 Å². The van der Waals surface area contributed by atoms with Gasteiger partial charge in [-0.3, -0.25) is 10.1 Å². The Morgan fingerprint density at radius 1 is 1.40 bits per heavy atom. The van der Waals surface area contributed by atoms with Crippen LogP contribution in [0.3, 0.4) is 0 Å². The van der Waals surface area contributed by atoms with E-state index in [1.54, 1.807) is 0 Å². The molecular weight excluding hydrogens is 254 g/mol. The van der Waals surface area contributed by atoms with E-state index in [1.807, 2.05) is 52.0 Å². The van der Waals surface area contributed by atoms with Crippen LogP contribution in [0.25, 0.3) is 0 Å². The minimum Gasteiger partial charge on any atom is -0.486 e. The lowest BCUT2D eigenvalue weighted by atomic mass is 9.92. The molecule has 0 bridgehead atoms. The molecular formula is C16H23NO3. The number of aliphatic carboxylic acids is 1. The van der Waals surface area contributed by atoms with Gasteiger partial charge < -0.3 is 9.84 Å². The molecule has 1 aromatic rings. The van der Waals surface area contributed by atoms with E-state index in [9.17, 15) is 9.90 Å². The van der Waals surface area contributed by atoms with Crippen LogP contribution in [-0.2, 0) is 4.79 Å². The van der Waals surface area contributed by atoms with Crippen molar-refractivity contribution in [3.05, 3.63) is 29.8 Å². The molecule has 2 N–H and O–H groups in total. The third-order valence-electron chi connectivity index (χ3n) is 3.67. The monoisotopic (exact) mass is 277 g/mol. The van der Waals surface area contributed by atoms with Gasteiger partial charge in [-0.1, -0.05) is 32.0 Å². The maximum atomic E-state index is 11.4. The third-order valence-corrected chi connectivity index (χ3v) is 3.67. The van der Waals surface area contributed by atoms with Gasteiger partial charge in [-0.25, -0.2) is 0 Å². The first-order chi connectivity index (χ1) is 9.31. The van der Waals surface area contributed by atoms with Crippen LogP contribution in [0, 0.1) is 5.92 Å². The first kappa shape index (κ1) is 14.9. The Labute approximate surface area is 120 Å². The fraction of sp³-hybridized carbons (Fsp3) is 0.562. The van der Waals surface area contributed by atoms with E-state index in [4.69, 9.17) is 4.74 Å². The number of carboxylic acid groups (broad SMARTS) is 1. The Balaban J connectivity index is 2.24. The van der Waals surface area contributed by atoms with Crippen LogP contribution >= 0.6 is 0 Å². The van der Waals surface area contributed by atoms with Crippen molar-refractivity contribution in [1.29, 1.82) is 0 Å². The van der Waals surface area contributed by atoms with Gasteiger partial charge in [0.1, 0.15) is 17.4 Å². The van der Waals surface area contributed by atoms with Gasteiger partial charge in [0.15, 0.2) is 0 Å². The molecule has 1 aromatic carbocycles. The van der Waals surface area contributed by atoms with Gasteiger partial charge in [-0.2, -0.15) is 0 Å². The van der Waals surface area contributed by atoms with Crippen molar-refractivity contribution in [1.82, 2.24) is 5.32 Å². The molecule has 0 saturated heterocycles. The first-order valence-electron chi connectivity index (χ1n) is 7.08. The number of carbonyl (C=O) groups is 1. The summed E-state index contributed by atoms with van der Waals surface area (Å²) in [5.74, 6) is 0.354. The SMILES string of the molecule is CC(C)CC(NC1c2ccccc2OC1(C)C)C(=O)O. The van der Waals surface area contributed by atoms with Crippen molar-refractivity contribution in [3.63, 3.8) is 0 Å². The Morgan fingerprint density at radius 3 is 2.65 bits per heavy atom. The average molecular weight is 277 g/mol. The van der Waals surface area contributed by atoms with Gasteiger partial charge in [0, 0.05) is 5.56 Å². The summed E-state index contributed by atoms with van der Waals surface area (Å²) in [4.78, 5) is 11.4. The lowest BCUT2D eigenvalue weighted by molar-refractivity contribution is -0.140. The molecule has 0 aliphatic carbocycles. The zero-order chi connectivity index (χ0) is 14.9. The topological polar surface area (TPSA) is 58.6 Å². The quantitative estimate of drug-likeness (QED) is 0.868. The lowest BCUT2D eigenvalue weighted by Gasteiger charge is -2.30. The fourth-order valence-electron chi connectivity index (χ4n) is 2.73. The second kappa shape index (κ2) is 5.44. The minimum atomic E-state index is -0.807. The summed E-state index contributed by atoms with van der Waals surface area (Å²) in [6.45, 7) is 8.03. The van der Waals surface area contributed by atoms with Crippen molar-refractivity contribution < 1.29 is 14.6 Å². The number of hydrogen-bond donors (Lipinski definition) is 2. The molecule has 0 spiro atoms. The van der Waals surface area contributed by atoms with E-state index in [-0.39, 0.29) is 6.04 Å². The molecule has 20 heavy (non-hydrogen) atoms. The zero-order valence-electron chi connectivity index (χ0n) is 12.5. The van der Waals surface area contributed by atoms with Crippen molar-refractivity contribution in [2.24, 2.45) is 5.92 Å². The number of benzene rings is 1. The molecule has 2 unspecified atom stereocenters. The highest BCUT2D eigenvalue weighted by Gasteiger charge is 2.42. The molecule has 0 radical (unpaired) electrons. The van der Waals surface area contributed by atoms with Gasteiger partial charge in [0.05, 0.1) is 6.04 Å². The van der Waals surface area contributed by atoms with Crippen LogP contribution < -0.4 is 10.1 Å². The zero-order valence-corrected chi connectivity index (χ0v) is 12.5. The number of fused-ring (bicyclic) bond motifs is 1. The number of carboxylic acids is 1. The molecule has 0 aromatic heterocycles. The van der Waals surface area contributed by atoms with E-state index >= 15 is 0 Å². The van der Waals surface area contributed by atoms with Crippen molar-refractivity contribution in [3.8, 4) is 5.75 Å². The van der Waals surface area contributed by atoms with E-state index in [0.29, 0.717) is 12.3 Å². The van der Waals surface area contributed by atoms with E-state index in [1.165, 1.54) is 0 Å². The van der Waals surface area contributed by atoms with Crippen LogP contribution in [0.5, 0.6) is 5.75 Å². The summed E-state index contributed by atoms with van der Waals surface area (Å²) in [6.07, 6.45) is 0.601. The molecule has 1 aliphatic rings. The Hall–Kier alpha value is -1.55. The predicted octanol–water partition coefficient (Wildman–Crippen LogP) is 2.99. The molecule has 0 amide bonds. The van der Waals surface area contributed by atoms with Gasteiger partial charge in [-0.15, -0.1) is 0 Å². The van der Waals surface area contributed by atoms with Crippen LogP contribution in [-0.4, -0.2) is 22.7 Å². The molecule has 4 heteroatoms. The summed E-state index contributed by atoms with van der Waals surface area (Å²) in [6, 6.07) is 7.14. The second-order valence-electron chi connectivity index (χ2n) is 6.36. The molecule has 2 atom stereocenters. The molecule has 1 heterocycles. The number of nitrogens with one attached hydrogen (secondary N) is 1. The first-order valence-corrected chi connectivity index (χ1v) is 7.08. The normalized spacial score (nSPS) is 21.4. The number of rotatable bonds is 5. The highest BCUT2D eigenvalue weighted by atomic mass is 16.5. The van der Waals surface area contributed by atoms with Crippen LogP contribution in [0.15, 0.2) is 24.3 Å². The van der Waals surface area contributed by atoms with Crippen LogP contribution in [0.1, 0.15) is 45.7 Å². The van der Waals surface area contributed by atoms with E-state index in [0.717, 1.165) is 11.3 Å². The molecule has 0 saturated carbocycles.